The van der Waals surface area contributed by atoms with Crippen LogP contribution in [-0.4, -0.2) is 55.8 Å². The van der Waals surface area contributed by atoms with Gasteiger partial charge in [-0.25, -0.2) is 25.5 Å². The van der Waals surface area contributed by atoms with Crippen molar-refractivity contribution in [1.82, 2.24) is 24.8 Å². The number of hydrogen-bond acceptors (Lipinski definition) is 9. The first-order valence-electron chi connectivity index (χ1n) is 10.7. The predicted molar refractivity (Wildman–Crippen MR) is 121 cm³/mol. The summed E-state index contributed by atoms with van der Waals surface area (Å²) in [5, 5.41) is 9.27. The van der Waals surface area contributed by atoms with Gasteiger partial charge in [0.05, 0.1) is 34.0 Å². The van der Waals surface area contributed by atoms with E-state index in [2.05, 4.69) is 20.4 Å². The van der Waals surface area contributed by atoms with E-state index in [0.29, 0.717) is 42.5 Å². The molecule has 0 spiro atoms. The Morgan fingerprint density at radius 1 is 1.31 bits per heavy atom. The SMILES string of the molecule is CCn1ncc2c(NC3CCOCC3)c(C(=O)N(N)C(=O)CCc3scnc3C)cnc21. The standard InChI is InChI=1S/C21H27N7O3S/c1-3-27-20-15(11-25-27)19(26-14-6-8-31-9-7-14)16(10-23-20)21(30)28(22)18(29)5-4-17-13(2)24-12-32-17/h10-12,14H,3-9,22H2,1-2H3,(H,23,26). The summed E-state index contributed by atoms with van der Waals surface area (Å²) in [6.45, 7) is 5.83. The molecule has 2 amide bonds. The second-order valence-corrected chi connectivity index (χ2v) is 8.64. The summed E-state index contributed by atoms with van der Waals surface area (Å²) in [6.07, 6.45) is 5.42. The van der Waals surface area contributed by atoms with E-state index in [0.717, 1.165) is 28.8 Å². The lowest BCUT2D eigenvalue weighted by atomic mass is 10.1. The number of carbonyl (C=O) groups is 2. The van der Waals surface area contributed by atoms with E-state index < -0.39 is 11.8 Å². The summed E-state index contributed by atoms with van der Waals surface area (Å²) in [6, 6.07) is 0.141. The molecular weight excluding hydrogens is 430 g/mol. The highest BCUT2D eigenvalue weighted by atomic mass is 32.1. The Bertz CT molecular complexity index is 1120. The van der Waals surface area contributed by atoms with Crippen molar-refractivity contribution in [3.8, 4) is 0 Å². The van der Waals surface area contributed by atoms with Crippen molar-refractivity contribution in [2.75, 3.05) is 18.5 Å². The number of ether oxygens (including phenoxy) is 1. The van der Waals surface area contributed by atoms with Crippen molar-refractivity contribution in [2.45, 2.75) is 52.1 Å². The predicted octanol–water partition coefficient (Wildman–Crippen LogP) is 2.28. The van der Waals surface area contributed by atoms with Crippen LogP contribution < -0.4 is 11.2 Å². The topological polar surface area (TPSA) is 128 Å². The van der Waals surface area contributed by atoms with Gasteiger partial charge in [0.15, 0.2) is 5.65 Å². The highest BCUT2D eigenvalue weighted by Crippen LogP contribution is 2.29. The van der Waals surface area contributed by atoms with Gasteiger partial charge in [-0.05, 0) is 33.1 Å². The summed E-state index contributed by atoms with van der Waals surface area (Å²) in [5.41, 5.74) is 4.17. The van der Waals surface area contributed by atoms with Gasteiger partial charge < -0.3 is 10.1 Å². The molecule has 1 aliphatic heterocycles. The Morgan fingerprint density at radius 3 is 2.78 bits per heavy atom. The molecule has 0 atom stereocenters. The minimum absolute atomic E-state index is 0.122. The van der Waals surface area contributed by atoms with E-state index >= 15 is 0 Å². The Kier molecular flexibility index (Phi) is 6.77. The fourth-order valence-corrected chi connectivity index (χ4v) is 4.55. The number of amides is 2. The molecule has 170 valence electrons. The number of imide groups is 1. The quantitative estimate of drug-likeness (QED) is 0.314. The molecule has 4 rings (SSSR count). The third-order valence-corrected chi connectivity index (χ3v) is 6.66. The molecule has 0 unspecified atom stereocenters. The van der Waals surface area contributed by atoms with Crippen LogP contribution in [0.1, 0.15) is 47.1 Å². The summed E-state index contributed by atoms with van der Waals surface area (Å²) in [7, 11) is 0. The molecule has 32 heavy (non-hydrogen) atoms. The maximum absolute atomic E-state index is 13.2. The summed E-state index contributed by atoms with van der Waals surface area (Å²) >= 11 is 1.49. The maximum Gasteiger partial charge on any atom is 0.278 e. The lowest BCUT2D eigenvalue weighted by molar-refractivity contribution is -0.128. The zero-order valence-electron chi connectivity index (χ0n) is 18.2. The van der Waals surface area contributed by atoms with Crippen LogP contribution in [0.25, 0.3) is 11.0 Å². The Balaban J connectivity index is 1.59. The van der Waals surface area contributed by atoms with Gasteiger partial charge in [-0.1, -0.05) is 0 Å². The number of nitrogens with one attached hydrogen (secondary N) is 1. The minimum Gasteiger partial charge on any atom is -0.381 e. The van der Waals surface area contributed by atoms with E-state index in [9.17, 15) is 9.59 Å². The largest absolute Gasteiger partial charge is 0.381 e. The number of rotatable bonds is 7. The van der Waals surface area contributed by atoms with E-state index in [1.54, 1.807) is 16.4 Å². The van der Waals surface area contributed by atoms with Gasteiger partial charge in [0.25, 0.3) is 5.91 Å². The summed E-state index contributed by atoms with van der Waals surface area (Å²) < 4.78 is 7.21. The molecule has 0 bridgehead atoms. The number of pyridine rings is 1. The molecule has 0 aliphatic carbocycles. The van der Waals surface area contributed by atoms with E-state index in [4.69, 9.17) is 10.6 Å². The van der Waals surface area contributed by atoms with Gasteiger partial charge in [-0.3, -0.25) is 9.59 Å². The molecule has 3 aromatic rings. The maximum atomic E-state index is 13.2. The number of carbonyl (C=O) groups excluding carboxylic acids is 2. The summed E-state index contributed by atoms with van der Waals surface area (Å²) in [4.78, 5) is 35.5. The van der Waals surface area contributed by atoms with E-state index in [1.165, 1.54) is 17.5 Å². The smallest absolute Gasteiger partial charge is 0.278 e. The molecule has 0 aromatic carbocycles. The average Bonchev–Trinajstić information content (AvgIpc) is 3.43. The highest BCUT2D eigenvalue weighted by molar-refractivity contribution is 7.09. The fraction of sp³-hybridized carbons (Fsp3) is 0.476. The number of thiazole rings is 1. The molecule has 3 aromatic heterocycles. The van der Waals surface area contributed by atoms with Crippen molar-refractivity contribution in [3.05, 3.63) is 34.0 Å². The second kappa shape index (κ2) is 9.72. The van der Waals surface area contributed by atoms with Gasteiger partial charge >= 0.3 is 0 Å². The van der Waals surface area contributed by atoms with Crippen molar-refractivity contribution in [2.24, 2.45) is 5.84 Å². The van der Waals surface area contributed by atoms with Gasteiger partial charge in [-0.2, -0.15) is 5.10 Å². The first-order valence-corrected chi connectivity index (χ1v) is 11.6. The first-order chi connectivity index (χ1) is 15.5. The number of nitrogens with two attached hydrogens (primary N) is 1. The Morgan fingerprint density at radius 2 is 2.09 bits per heavy atom. The van der Waals surface area contributed by atoms with E-state index in [-0.39, 0.29) is 18.0 Å². The monoisotopic (exact) mass is 457 g/mol. The average molecular weight is 458 g/mol. The third kappa shape index (κ3) is 4.50. The van der Waals surface area contributed by atoms with Crippen molar-refractivity contribution < 1.29 is 14.3 Å². The summed E-state index contributed by atoms with van der Waals surface area (Å²) in [5.74, 6) is 4.93. The molecule has 1 aliphatic rings. The Hall–Kier alpha value is -2.89. The van der Waals surface area contributed by atoms with Crippen molar-refractivity contribution in [3.63, 3.8) is 0 Å². The Labute approximate surface area is 189 Å². The van der Waals surface area contributed by atoms with Gasteiger partial charge in [-0.15, -0.1) is 11.3 Å². The van der Waals surface area contributed by atoms with Crippen LogP contribution in [-0.2, 0) is 22.5 Å². The molecule has 11 heteroatoms. The number of aromatic nitrogens is 4. The van der Waals surface area contributed by atoms with E-state index in [1.807, 2.05) is 13.8 Å². The van der Waals surface area contributed by atoms with Crippen LogP contribution in [0.2, 0.25) is 0 Å². The molecule has 4 heterocycles. The lowest BCUT2D eigenvalue weighted by Gasteiger charge is -2.26. The molecule has 1 saturated heterocycles. The number of fused-ring (bicyclic) bond motifs is 1. The number of hydrogen-bond donors (Lipinski definition) is 2. The zero-order valence-corrected chi connectivity index (χ0v) is 19.0. The van der Waals surface area contributed by atoms with Crippen LogP contribution in [0.3, 0.4) is 0 Å². The van der Waals surface area contributed by atoms with Gasteiger partial charge in [0.2, 0.25) is 5.91 Å². The van der Waals surface area contributed by atoms with Crippen molar-refractivity contribution in [1.29, 1.82) is 0 Å². The molecule has 1 fully saturated rings. The highest BCUT2D eigenvalue weighted by Gasteiger charge is 2.27. The minimum atomic E-state index is -0.593. The first kappa shape index (κ1) is 22.3. The third-order valence-electron chi connectivity index (χ3n) is 5.66. The number of anilines is 1. The molecule has 3 N–H and O–H groups in total. The van der Waals surface area contributed by atoms with Crippen LogP contribution in [0.4, 0.5) is 5.69 Å². The fourth-order valence-electron chi connectivity index (χ4n) is 3.77. The van der Waals surface area contributed by atoms with Gasteiger partial charge in [0, 0.05) is 43.3 Å². The van der Waals surface area contributed by atoms with Crippen LogP contribution >= 0.6 is 11.3 Å². The zero-order chi connectivity index (χ0) is 22.7. The second-order valence-electron chi connectivity index (χ2n) is 7.71. The molecule has 10 nitrogen and oxygen atoms in total. The van der Waals surface area contributed by atoms with Gasteiger partial charge in [0.1, 0.15) is 0 Å². The normalized spacial score (nSPS) is 14.6. The number of hydrazine groups is 1. The number of aryl methyl sites for hydroxylation is 3. The van der Waals surface area contributed by atoms with Crippen molar-refractivity contribution >= 4 is 39.9 Å². The molecule has 0 radical (unpaired) electrons. The number of nitrogens with zero attached hydrogens (tertiary/aromatic N) is 5. The van der Waals surface area contributed by atoms with Crippen LogP contribution in [0.5, 0.6) is 0 Å². The lowest BCUT2D eigenvalue weighted by Crippen LogP contribution is -2.43. The van der Waals surface area contributed by atoms with Crippen LogP contribution in [0, 0.1) is 6.92 Å². The molecular formula is C21H27N7O3S. The van der Waals surface area contributed by atoms with Crippen LogP contribution in [0.15, 0.2) is 17.9 Å². The molecule has 0 saturated carbocycles.